The van der Waals surface area contributed by atoms with Crippen LogP contribution in [0.2, 0.25) is 0 Å². The van der Waals surface area contributed by atoms with Crippen LogP contribution in [0.3, 0.4) is 0 Å². The zero-order valence-electron chi connectivity index (χ0n) is 12.1. The normalized spacial score (nSPS) is 15.9. The number of hydrogen-bond acceptors (Lipinski definition) is 1. The molecule has 1 amide bonds. The smallest absolute Gasteiger partial charge is 0.254 e. The number of benzene rings is 2. The molecule has 114 valence electrons. The molecule has 2 aromatic carbocycles. The van der Waals surface area contributed by atoms with Crippen LogP contribution >= 0.6 is 0 Å². The van der Waals surface area contributed by atoms with Gasteiger partial charge in [-0.15, -0.1) is 0 Å². The molecule has 2 aromatic rings. The molecule has 2 nitrogen and oxygen atoms in total. The number of hydrogen-bond donors (Lipinski definition) is 1. The summed E-state index contributed by atoms with van der Waals surface area (Å²) in [7, 11) is 0. The number of nitrogens with one attached hydrogen (secondary N) is 1. The van der Waals surface area contributed by atoms with E-state index >= 15 is 0 Å². The summed E-state index contributed by atoms with van der Waals surface area (Å²) in [5.74, 6) is -1.89. The fraction of sp³-hybridized carbons (Fsp3) is 0.278. The van der Waals surface area contributed by atoms with Gasteiger partial charge in [0.2, 0.25) is 0 Å². The maximum Gasteiger partial charge on any atom is 0.254 e. The molecule has 0 saturated heterocycles. The summed E-state index contributed by atoms with van der Waals surface area (Å²) in [6.45, 7) is 0.436. The fourth-order valence-electron chi connectivity index (χ4n) is 2.98. The zero-order chi connectivity index (χ0) is 15.6. The lowest BCUT2D eigenvalue weighted by molar-refractivity contribution is 0.0923. The molecule has 3 rings (SSSR count). The van der Waals surface area contributed by atoms with Gasteiger partial charge in [-0.1, -0.05) is 36.8 Å². The molecule has 22 heavy (non-hydrogen) atoms. The van der Waals surface area contributed by atoms with Gasteiger partial charge in [0.15, 0.2) is 0 Å². The summed E-state index contributed by atoms with van der Waals surface area (Å²) in [5.41, 5.74) is 0.851. The number of carbonyl (C=O) groups is 1. The van der Waals surface area contributed by atoms with Crippen LogP contribution in [-0.2, 0) is 5.41 Å². The van der Waals surface area contributed by atoms with Crippen LogP contribution < -0.4 is 5.32 Å². The predicted octanol–water partition coefficient (Wildman–Crippen LogP) is 3.82. The second-order valence-corrected chi connectivity index (χ2v) is 5.81. The van der Waals surface area contributed by atoms with Gasteiger partial charge >= 0.3 is 0 Å². The molecule has 1 saturated carbocycles. The first-order chi connectivity index (χ1) is 10.6. The molecule has 1 N–H and O–H groups in total. The van der Waals surface area contributed by atoms with E-state index in [1.807, 2.05) is 30.3 Å². The van der Waals surface area contributed by atoms with Gasteiger partial charge in [0.05, 0.1) is 5.56 Å². The molecular weight excluding hydrogens is 284 g/mol. The maximum absolute atomic E-state index is 13.6. The zero-order valence-corrected chi connectivity index (χ0v) is 12.1. The number of amides is 1. The van der Waals surface area contributed by atoms with Crippen LogP contribution in [0.25, 0.3) is 0 Å². The van der Waals surface area contributed by atoms with Crippen LogP contribution in [0, 0.1) is 11.6 Å². The molecule has 4 heteroatoms. The SMILES string of the molecule is O=C(NCC1(c2ccccc2)CCC1)c1cc(F)ccc1F. The summed E-state index contributed by atoms with van der Waals surface area (Å²) in [5, 5.41) is 2.76. The van der Waals surface area contributed by atoms with Gasteiger partial charge in [0.1, 0.15) is 11.6 Å². The van der Waals surface area contributed by atoms with E-state index < -0.39 is 17.5 Å². The Bertz CT molecular complexity index is 681. The molecule has 0 atom stereocenters. The summed E-state index contributed by atoms with van der Waals surface area (Å²) < 4.78 is 26.8. The van der Waals surface area contributed by atoms with E-state index in [0.29, 0.717) is 6.54 Å². The molecule has 0 heterocycles. The molecule has 0 aliphatic heterocycles. The van der Waals surface area contributed by atoms with Gasteiger partial charge in [-0.3, -0.25) is 4.79 Å². The Kier molecular flexibility index (Phi) is 3.92. The second-order valence-electron chi connectivity index (χ2n) is 5.81. The molecule has 0 bridgehead atoms. The van der Waals surface area contributed by atoms with Gasteiger partial charge < -0.3 is 5.32 Å². The van der Waals surface area contributed by atoms with Crippen molar-refractivity contribution in [1.29, 1.82) is 0 Å². The molecule has 0 radical (unpaired) electrons. The Balaban J connectivity index is 1.74. The first kappa shape index (κ1) is 14.7. The lowest BCUT2D eigenvalue weighted by Crippen LogP contribution is -2.45. The molecule has 0 spiro atoms. The highest BCUT2D eigenvalue weighted by Gasteiger charge is 2.38. The third-order valence-electron chi connectivity index (χ3n) is 4.46. The van der Waals surface area contributed by atoms with E-state index in [9.17, 15) is 13.6 Å². The van der Waals surface area contributed by atoms with Gasteiger partial charge in [-0.2, -0.15) is 0 Å². The standard InChI is InChI=1S/C18H17F2NO/c19-14-7-8-16(20)15(11-14)17(22)21-12-18(9-4-10-18)13-5-2-1-3-6-13/h1-3,5-8,11H,4,9-10,12H2,(H,21,22). The highest BCUT2D eigenvalue weighted by Crippen LogP contribution is 2.43. The molecule has 1 fully saturated rings. The van der Waals surface area contributed by atoms with Gasteiger partial charge in [0.25, 0.3) is 5.91 Å². The Morgan fingerprint density at radius 1 is 1.09 bits per heavy atom. The van der Waals surface area contributed by atoms with Gasteiger partial charge in [-0.25, -0.2) is 8.78 Å². The number of carbonyl (C=O) groups excluding carboxylic acids is 1. The predicted molar refractivity (Wildman–Crippen MR) is 80.7 cm³/mol. The first-order valence-corrected chi connectivity index (χ1v) is 7.40. The third kappa shape index (κ3) is 2.73. The minimum atomic E-state index is -0.707. The van der Waals surface area contributed by atoms with Crippen molar-refractivity contribution < 1.29 is 13.6 Å². The van der Waals surface area contributed by atoms with E-state index in [2.05, 4.69) is 5.32 Å². The summed E-state index contributed by atoms with van der Waals surface area (Å²) in [6.07, 6.45) is 3.09. The molecule has 0 unspecified atom stereocenters. The largest absolute Gasteiger partial charge is 0.351 e. The van der Waals surface area contributed by atoms with E-state index in [0.717, 1.165) is 37.5 Å². The van der Waals surface area contributed by atoms with E-state index in [-0.39, 0.29) is 11.0 Å². The van der Waals surface area contributed by atoms with Crippen molar-refractivity contribution in [3.05, 3.63) is 71.3 Å². The topological polar surface area (TPSA) is 29.1 Å². The van der Waals surface area contributed by atoms with Crippen LogP contribution in [0.4, 0.5) is 8.78 Å². The summed E-state index contributed by atoms with van der Waals surface area (Å²) >= 11 is 0. The Labute approximate surface area is 128 Å². The lowest BCUT2D eigenvalue weighted by atomic mass is 9.64. The summed E-state index contributed by atoms with van der Waals surface area (Å²) in [4.78, 5) is 12.1. The van der Waals surface area contributed by atoms with Crippen LogP contribution in [-0.4, -0.2) is 12.5 Å². The Morgan fingerprint density at radius 3 is 2.45 bits per heavy atom. The van der Waals surface area contributed by atoms with E-state index in [1.165, 1.54) is 5.56 Å². The average Bonchev–Trinajstić information content (AvgIpc) is 2.49. The van der Waals surface area contributed by atoms with Crippen LogP contribution in [0.1, 0.15) is 35.2 Å². The van der Waals surface area contributed by atoms with Crippen molar-refractivity contribution in [1.82, 2.24) is 5.32 Å². The monoisotopic (exact) mass is 301 g/mol. The summed E-state index contributed by atoms with van der Waals surface area (Å²) in [6, 6.07) is 12.9. The van der Waals surface area contributed by atoms with Crippen molar-refractivity contribution >= 4 is 5.91 Å². The van der Waals surface area contributed by atoms with Crippen molar-refractivity contribution in [3.63, 3.8) is 0 Å². The fourth-order valence-corrected chi connectivity index (χ4v) is 2.98. The van der Waals surface area contributed by atoms with Crippen molar-refractivity contribution in [2.45, 2.75) is 24.7 Å². The van der Waals surface area contributed by atoms with Crippen molar-refractivity contribution in [3.8, 4) is 0 Å². The average molecular weight is 301 g/mol. The first-order valence-electron chi connectivity index (χ1n) is 7.40. The molecule has 1 aliphatic carbocycles. The molecule has 0 aromatic heterocycles. The Hall–Kier alpha value is -2.23. The third-order valence-corrected chi connectivity index (χ3v) is 4.46. The van der Waals surface area contributed by atoms with Gasteiger partial charge in [-0.05, 0) is 36.6 Å². The molecule has 1 aliphatic rings. The highest BCUT2D eigenvalue weighted by molar-refractivity contribution is 5.94. The highest BCUT2D eigenvalue weighted by atomic mass is 19.1. The minimum Gasteiger partial charge on any atom is -0.351 e. The Morgan fingerprint density at radius 2 is 1.82 bits per heavy atom. The quantitative estimate of drug-likeness (QED) is 0.914. The lowest BCUT2D eigenvalue weighted by Gasteiger charge is -2.42. The van der Waals surface area contributed by atoms with E-state index in [4.69, 9.17) is 0 Å². The van der Waals surface area contributed by atoms with E-state index in [1.54, 1.807) is 0 Å². The number of halogens is 2. The van der Waals surface area contributed by atoms with Crippen molar-refractivity contribution in [2.75, 3.05) is 6.54 Å². The van der Waals surface area contributed by atoms with Crippen LogP contribution in [0.5, 0.6) is 0 Å². The van der Waals surface area contributed by atoms with Crippen molar-refractivity contribution in [2.24, 2.45) is 0 Å². The van der Waals surface area contributed by atoms with Gasteiger partial charge in [0, 0.05) is 12.0 Å². The molecular formula is C18H17F2NO. The maximum atomic E-state index is 13.6. The minimum absolute atomic E-state index is 0.0826. The second kappa shape index (κ2) is 5.87. The van der Waals surface area contributed by atoms with Crippen LogP contribution in [0.15, 0.2) is 48.5 Å². The number of rotatable bonds is 4.